The minimum Gasteiger partial charge on any atom is -0.489 e. The summed E-state index contributed by atoms with van der Waals surface area (Å²) in [5.41, 5.74) is 12.2. The fraction of sp³-hybridized carbons (Fsp3) is 0.486. The predicted octanol–water partition coefficient (Wildman–Crippen LogP) is 11.4. The number of ether oxygens (including phenoxy) is 5. The topological polar surface area (TPSA) is 340 Å². The molecular formula is C74H90N16O11. The molecule has 3 N–H and O–H groups in total. The van der Waals surface area contributed by atoms with Crippen LogP contribution < -0.4 is 23.7 Å². The molecule has 4 aliphatic rings. The van der Waals surface area contributed by atoms with Gasteiger partial charge in [-0.2, -0.15) is 4.98 Å². The standard InChI is InChI=1S/C25H31N5O4.C25H29N5O3.C24H30N6O4/c1-4-13-33-23-10-6-8-18(27-23)15-21-24(28-29-30(21)3)20-11-12-22(16(2)26-20)34-19-9-5-7-17(14-19)25(31)32;1-15-23(33-19-7-3-5-17(13-19)25(31)32)12-11-21(26-15)24-22(30(2)29-28-24)14-18-6-4-8-20(27-18)16-9-10-16;1-4-12-33-22-10-11-25-21(27-22)14-19-23(28-29-30(19)3)18-8-9-20(15(2)26-18)34-17-7-5-6-16(13-17)24(31)32/h6,8,10-12,17,19H,4-5,7,9,13-15H2,1-3H3,(H,31,32);4,6,8,11-12,16-17,19H,3,5,7,9-10,13-14H2,1-2H3,(H,31,32);8-11,16-17H,4-7,12-14H2,1-3H3,(H,31,32)/t2*17-,19-;16-,17-/m000/s1. The van der Waals surface area contributed by atoms with E-state index in [-0.39, 0.29) is 36.1 Å². The highest BCUT2D eigenvalue weighted by molar-refractivity contribution is 5.71. The van der Waals surface area contributed by atoms with Crippen LogP contribution in [0.15, 0.2) is 85.1 Å². The molecular weight excluding hydrogens is 1290 g/mol. The first-order valence-corrected chi connectivity index (χ1v) is 35.1. The van der Waals surface area contributed by atoms with E-state index in [9.17, 15) is 29.7 Å². The molecule has 0 radical (unpaired) electrons. The normalized spacial score (nSPS) is 18.8. The number of carboxylic acid groups (broad SMARTS) is 3. The van der Waals surface area contributed by atoms with Crippen molar-refractivity contribution in [3.05, 3.63) is 142 Å². The summed E-state index contributed by atoms with van der Waals surface area (Å²) >= 11 is 0. The SMILES string of the molecule is CCCOc1cccc(Cc2c(-c3ccc(O[C@H]4CCC[C@H](C(=O)O)C4)c(C)n3)nnn2C)n1.CCCOc1ccnc(Cc2c(-c3ccc(O[C@H]4CCC[C@H](C(=O)O)C4)c(C)n3)nnn2C)n1.Cc1nc(-c2nnn(C)c2Cc2cccc(C3CC3)n2)ccc1O[C@H]1CCC[C@H](C(=O)O)C1. The Morgan fingerprint density at radius 3 is 1.25 bits per heavy atom. The van der Waals surface area contributed by atoms with Crippen LogP contribution in [-0.2, 0) is 54.8 Å². The molecule has 13 rings (SSSR count). The van der Waals surface area contributed by atoms with Gasteiger partial charge in [0.2, 0.25) is 11.8 Å². The molecule has 9 heterocycles. The number of nitrogens with zero attached hydrogens (tertiary/aromatic N) is 16. The van der Waals surface area contributed by atoms with E-state index < -0.39 is 17.9 Å². The molecule has 6 atom stereocenters. The van der Waals surface area contributed by atoms with E-state index in [4.69, 9.17) is 43.6 Å². The van der Waals surface area contributed by atoms with Crippen LogP contribution in [-0.4, -0.2) is 145 Å². The number of carboxylic acids is 3. The molecule has 0 saturated heterocycles. The Morgan fingerprint density at radius 1 is 0.455 bits per heavy atom. The van der Waals surface area contributed by atoms with Gasteiger partial charge in [0.05, 0.1) is 113 Å². The second-order valence-corrected chi connectivity index (χ2v) is 26.5. The number of hydrogen-bond donors (Lipinski definition) is 3. The molecule has 0 spiro atoms. The van der Waals surface area contributed by atoms with Crippen LogP contribution in [0, 0.1) is 38.5 Å². The summed E-state index contributed by atoms with van der Waals surface area (Å²) in [6.07, 6.45) is 16.1. The molecule has 0 unspecified atom stereocenters. The first-order valence-electron chi connectivity index (χ1n) is 35.1. The molecule has 0 amide bonds. The average Bonchev–Trinajstić information content (AvgIpc) is 1.72. The highest BCUT2D eigenvalue weighted by Crippen LogP contribution is 2.40. The van der Waals surface area contributed by atoms with Gasteiger partial charge in [-0.25, -0.2) is 24.9 Å². The van der Waals surface area contributed by atoms with Gasteiger partial charge in [0.1, 0.15) is 40.2 Å². The molecule has 101 heavy (non-hydrogen) atoms. The first kappa shape index (κ1) is 71.9. The number of aliphatic carboxylic acids is 3. The van der Waals surface area contributed by atoms with Gasteiger partial charge in [-0.05, 0) is 178 Å². The highest BCUT2D eigenvalue weighted by Gasteiger charge is 2.33. The van der Waals surface area contributed by atoms with E-state index in [0.29, 0.717) is 128 Å². The maximum Gasteiger partial charge on any atom is 0.306 e. The van der Waals surface area contributed by atoms with E-state index in [1.807, 2.05) is 110 Å². The minimum atomic E-state index is -0.750. The molecule has 0 aromatic carbocycles. The second-order valence-electron chi connectivity index (χ2n) is 26.5. The van der Waals surface area contributed by atoms with Gasteiger partial charge in [0.25, 0.3) is 0 Å². The van der Waals surface area contributed by atoms with Crippen LogP contribution >= 0.6 is 0 Å². The number of carbonyl (C=O) groups is 3. The second kappa shape index (κ2) is 33.7. The van der Waals surface area contributed by atoms with Gasteiger partial charge in [0.15, 0.2) is 0 Å². The number of aryl methyl sites for hydroxylation is 6. The Hall–Kier alpha value is -10.3. The van der Waals surface area contributed by atoms with Crippen LogP contribution in [0.3, 0.4) is 0 Å². The first-order chi connectivity index (χ1) is 48.9. The molecule has 0 aliphatic heterocycles. The molecule has 4 aliphatic carbocycles. The van der Waals surface area contributed by atoms with Crippen molar-refractivity contribution >= 4 is 17.9 Å². The Bertz CT molecular complexity index is 4140. The average molecular weight is 1380 g/mol. The Labute approximate surface area is 586 Å². The summed E-state index contributed by atoms with van der Waals surface area (Å²) in [7, 11) is 5.58. The van der Waals surface area contributed by atoms with Gasteiger partial charge in [-0.3, -0.25) is 33.4 Å². The number of pyridine rings is 5. The minimum absolute atomic E-state index is 0.0944. The smallest absolute Gasteiger partial charge is 0.306 e. The molecule has 9 aromatic heterocycles. The number of hydrogen-bond acceptors (Lipinski definition) is 21. The van der Waals surface area contributed by atoms with Crippen molar-refractivity contribution in [3.63, 3.8) is 0 Å². The summed E-state index contributed by atoms with van der Waals surface area (Å²) in [5, 5.41) is 53.7. The van der Waals surface area contributed by atoms with Gasteiger partial charge in [-0.1, -0.05) is 41.6 Å². The zero-order valence-corrected chi connectivity index (χ0v) is 58.7. The molecule has 27 nitrogen and oxygen atoms in total. The third kappa shape index (κ3) is 19.0. The van der Waals surface area contributed by atoms with Crippen molar-refractivity contribution in [3.8, 4) is 63.2 Å². The summed E-state index contributed by atoms with van der Waals surface area (Å²) < 4.78 is 34.9. The zero-order chi connectivity index (χ0) is 71.1. The van der Waals surface area contributed by atoms with E-state index in [1.54, 1.807) is 26.3 Å². The third-order valence-corrected chi connectivity index (χ3v) is 18.7. The van der Waals surface area contributed by atoms with E-state index in [2.05, 4.69) is 64.9 Å². The molecule has 532 valence electrons. The maximum atomic E-state index is 11.4. The predicted molar refractivity (Wildman–Crippen MR) is 371 cm³/mol. The van der Waals surface area contributed by atoms with Crippen molar-refractivity contribution < 1.29 is 53.4 Å². The highest BCUT2D eigenvalue weighted by atomic mass is 16.5. The fourth-order valence-electron chi connectivity index (χ4n) is 13.0. The summed E-state index contributed by atoms with van der Waals surface area (Å²) in [6.45, 7) is 11.0. The van der Waals surface area contributed by atoms with Crippen LogP contribution in [0.25, 0.3) is 34.2 Å². The Kier molecular flexibility index (Phi) is 24.0. The lowest BCUT2D eigenvalue weighted by Gasteiger charge is -2.27. The summed E-state index contributed by atoms with van der Waals surface area (Å²) in [5.74, 6) is 1.17. The van der Waals surface area contributed by atoms with Crippen molar-refractivity contribution in [2.24, 2.45) is 38.9 Å². The van der Waals surface area contributed by atoms with E-state index in [0.717, 1.165) is 115 Å². The molecule has 27 heteroatoms. The molecule has 9 aromatic rings. The summed E-state index contributed by atoms with van der Waals surface area (Å²) in [6, 6.07) is 25.0. The lowest BCUT2D eigenvalue weighted by atomic mass is 9.87. The lowest BCUT2D eigenvalue weighted by molar-refractivity contribution is -0.144. The number of rotatable bonds is 25. The Morgan fingerprint density at radius 2 is 0.851 bits per heavy atom. The van der Waals surface area contributed by atoms with Crippen LogP contribution in [0.5, 0.6) is 29.0 Å². The lowest BCUT2D eigenvalue weighted by Crippen LogP contribution is -2.29. The van der Waals surface area contributed by atoms with Crippen LogP contribution in [0.1, 0.15) is 180 Å². The zero-order valence-electron chi connectivity index (χ0n) is 58.7. The molecule has 4 fully saturated rings. The van der Waals surface area contributed by atoms with Gasteiger partial charge < -0.3 is 39.0 Å². The van der Waals surface area contributed by atoms with Crippen LogP contribution in [0.4, 0.5) is 0 Å². The van der Waals surface area contributed by atoms with Crippen LogP contribution in [0.2, 0.25) is 0 Å². The molecule has 4 saturated carbocycles. The molecule has 0 bridgehead atoms. The maximum absolute atomic E-state index is 11.4. The van der Waals surface area contributed by atoms with Crippen molar-refractivity contribution in [2.45, 2.75) is 181 Å². The fourth-order valence-corrected chi connectivity index (χ4v) is 13.0. The van der Waals surface area contributed by atoms with Crippen molar-refractivity contribution in [1.82, 2.24) is 79.9 Å². The van der Waals surface area contributed by atoms with Gasteiger partial charge >= 0.3 is 17.9 Å². The van der Waals surface area contributed by atoms with E-state index in [1.165, 1.54) is 18.5 Å². The van der Waals surface area contributed by atoms with E-state index >= 15 is 0 Å². The van der Waals surface area contributed by atoms with Gasteiger partial charge in [0, 0.05) is 69.6 Å². The summed E-state index contributed by atoms with van der Waals surface area (Å²) in [4.78, 5) is 66.6. The quantitative estimate of drug-likeness (QED) is 0.0478. The van der Waals surface area contributed by atoms with Crippen molar-refractivity contribution in [1.29, 1.82) is 0 Å². The Balaban J connectivity index is 0.000000152. The van der Waals surface area contributed by atoms with Gasteiger partial charge in [-0.15, -0.1) is 15.3 Å². The largest absolute Gasteiger partial charge is 0.489 e. The monoisotopic (exact) mass is 1380 g/mol. The van der Waals surface area contributed by atoms with Crippen molar-refractivity contribution in [2.75, 3.05) is 13.2 Å². The number of aromatic nitrogens is 16. The third-order valence-electron chi connectivity index (χ3n) is 18.7.